The maximum Gasteiger partial charge on any atom is 0.255 e. The van der Waals surface area contributed by atoms with Gasteiger partial charge in [-0.2, -0.15) is 0 Å². The first-order valence-electron chi connectivity index (χ1n) is 8.06. The molecule has 2 aromatic heterocycles. The predicted molar refractivity (Wildman–Crippen MR) is 88.7 cm³/mol. The van der Waals surface area contributed by atoms with Crippen LogP contribution in [0.5, 0.6) is 0 Å². The van der Waals surface area contributed by atoms with Gasteiger partial charge in [-0.05, 0) is 44.4 Å². The predicted octanol–water partition coefficient (Wildman–Crippen LogP) is 2.33. The van der Waals surface area contributed by atoms with Crippen molar-refractivity contribution < 1.29 is 9.90 Å². The summed E-state index contributed by atoms with van der Waals surface area (Å²) in [7, 11) is 0. The second-order valence-corrected chi connectivity index (χ2v) is 6.39. The molecule has 3 rings (SSSR count). The van der Waals surface area contributed by atoms with Crippen LogP contribution >= 0.6 is 0 Å². The topological polar surface area (TPSA) is 58.4 Å². The van der Waals surface area contributed by atoms with Crippen molar-refractivity contribution in [1.82, 2.24) is 14.5 Å². The lowest BCUT2D eigenvalue weighted by Gasteiger charge is -2.34. The van der Waals surface area contributed by atoms with E-state index in [1.807, 2.05) is 49.6 Å². The number of aliphatic hydroxyl groups is 1. The molecule has 0 radical (unpaired) electrons. The van der Waals surface area contributed by atoms with E-state index in [9.17, 15) is 9.90 Å². The molecule has 1 amide bonds. The molecule has 0 aliphatic carbocycles. The van der Waals surface area contributed by atoms with Crippen LogP contribution < -0.4 is 0 Å². The van der Waals surface area contributed by atoms with Crippen molar-refractivity contribution in [3.8, 4) is 5.82 Å². The number of amides is 1. The van der Waals surface area contributed by atoms with E-state index in [-0.39, 0.29) is 11.8 Å². The minimum Gasteiger partial charge on any atom is -0.391 e. The molecular formula is C18H23N3O2. The number of rotatable bonds is 2. The number of carbonyl (C=O) groups is 1. The van der Waals surface area contributed by atoms with Crippen LogP contribution in [0.15, 0.2) is 30.5 Å². The average molecular weight is 313 g/mol. The fourth-order valence-corrected chi connectivity index (χ4v) is 3.22. The molecular weight excluding hydrogens is 290 g/mol. The zero-order valence-electron chi connectivity index (χ0n) is 13.9. The quantitative estimate of drug-likeness (QED) is 0.926. The van der Waals surface area contributed by atoms with E-state index in [1.165, 1.54) is 0 Å². The highest BCUT2D eigenvalue weighted by Gasteiger charge is 2.29. The van der Waals surface area contributed by atoms with E-state index >= 15 is 0 Å². The molecule has 0 bridgehead atoms. The van der Waals surface area contributed by atoms with E-state index < -0.39 is 6.10 Å². The Bertz CT molecular complexity index is 709. The number of hydrogen-bond donors (Lipinski definition) is 1. The highest BCUT2D eigenvalue weighted by atomic mass is 16.3. The minimum absolute atomic E-state index is 0.00812. The molecule has 23 heavy (non-hydrogen) atoms. The molecule has 3 heterocycles. The number of pyridine rings is 1. The van der Waals surface area contributed by atoms with Crippen LogP contribution in [-0.2, 0) is 0 Å². The molecule has 1 aliphatic rings. The van der Waals surface area contributed by atoms with Gasteiger partial charge in [0.2, 0.25) is 0 Å². The van der Waals surface area contributed by atoms with Gasteiger partial charge in [0, 0.05) is 30.7 Å². The second-order valence-electron chi connectivity index (χ2n) is 6.39. The van der Waals surface area contributed by atoms with E-state index in [0.717, 1.165) is 23.6 Å². The molecule has 5 nitrogen and oxygen atoms in total. The van der Waals surface area contributed by atoms with Crippen molar-refractivity contribution in [2.45, 2.75) is 33.3 Å². The first-order valence-corrected chi connectivity index (χ1v) is 8.06. The van der Waals surface area contributed by atoms with Crippen LogP contribution in [0.4, 0.5) is 0 Å². The van der Waals surface area contributed by atoms with E-state index in [4.69, 9.17) is 0 Å². The summed E-state index contributed by atoms with van der Waals surface area (Å²) < 4.78 is 2.00. The van der Waals surface area contributed by atoms with Crippen LogP contribution in [0.3, 0.4) is 0 Å². The molecule has 2 atom stereocenters. The van der Waals surface area contributed by atoms with Gasteiger partial charge in [-0.1, -0.05) is 13.0 Å². The molecule has 0 saturated carbocycles. The monoisotopic (exact) mass is 313 g/mol. The summed E-state index contributed by atoms with van der Waals surface area (Å²) >= 11 is 0. The lowest BCUT2D eigenvalue weighted by molar-refractivity contribution is 0.0248. The summed E-state index contributed by atoms with van der Waals surface area (Å²) in [4.78, 5) is 19.0. The highest BCUT2D eigenvalue weighted by molar-refractivity contribution is 5.96. The first-order chi connectivity index (χ1) is 11.0. The zero-order chi connectivity index (χ0) is 16.6. The van der Waals surface area contributed by atoms with Gasteiger partial charge in [0.1, 0.15) is 5.82 Å². The highest BCUT2D eigenvalue weighted by Crippen LogP contribution is 2.24. The van der Waals surface area contributed by atoms with E-state index in [1.54, 1.807) is 11.1 Å². The summed E-state index contributed by atoms with van der Waals surface area (Å²) in [6, 6.07) is 7.66. The maximum atomic E-state index is 12.9. The lowest BCUT2D eigenvalue weighted by Crippen LogP contribution is -2.45. The largest absolute Gasteiger partial charge is 0.391 e. The number of carbonyl (C=O) groups excluding carboxylic acids is 1. The van der Waals surface area contributed by atoms with Gasteiger partial charge in [-0.15, -0.1) is 0 Å². The number of aliphatic hydroxyl groups excluding tert-OH is 1. The SMILES string of the molecule is Cc1cc(C(=O)N2CCC(C)C(O)C2)c(C)n1-c1ccccn1. The minimum atomic E-state index is -0.438. The number of aryl methyl sites for hydroxylation is 1. The number of piperidine rings is 1. The summed E-state index contributed by atoms with van der Waals surface area (Å²) in [5.41, 5.74) is 2.56. The molecule has 5 heteroatoms. The molecule has 2 aromatic rings. The van der Waals surface area contributed by atoms with Gasteiger partial charge in [0.05, 0.1) is 11.7 Å². The number of nitrogens with zero attached hydrogens (tertiary/aromatic N) is 3. The Kier molecular flexibility index (Phi) is 4.22. The Labute approximate surface area is 136 Å². The smallest absolute Gasteiger partial charge is 0.255 e. The maximum absolute atomic E-state index is 12.9. The van der Waals surface area contributed by atoms with Crippen LogP contribution in [0, 0.1) is 19.8 Å². The van der Waals surface area contributed by atoms with Crippen LogP contribution in [0.2, 0.25) is 0 Å². The Morgan fingerprint density at radius 2 is 2.13 bits per heavy atom. The van der Waals surface area contributed by atoms with E-state index in [2.05, 4.69) is 4.98 Å². The molecule has 1 N–H and O–H groups in total. The Hall–Kier alpha value is -2.14. The van der Waals surface area contributed by atoms with Crippen molar-refractivity contribution in [3.63, 3.8) is 0 Å². The standard InChI is InChI=1S/C18H23N3O2/c1-12-7-9-20(11-16(12)22)18(23)15-10-13(2)21(14(15)3)17-6-4-5-8-19-17/h4-6,8,10,12,16,22H,7,9,11H2,1-3H3. The Morgan fingerprint density at radius 3 is 2.78 bits per heavy atom. The number of likely N-dealkylation sites (tertiary alicyclic amines) is 1. The average Bonchev–Trinajstić information content (AvgIpc) is 2.85. The van der Waals surface area contributed by atoms with Crippen LogP contribution in [0.1, 0.15) is 35.1 Å². The zero-order valence-corrected chi connectivity index (χ0v) is 13.9. The third-order valence-electron chi connectivity index (χ3n) is 4.75. The first kappa shape index (κ1) is 15.7. The van der Waals surface area contributed by atoms with Crippen LogP contribution in [0.25, 0.3) is 5.82 Å². The van der Waals surface area contributed by atoms with Gasteiger partial charge in [-0.25, -0.2) is 4.98 Å². The van der Waals surface area contributed by atoms with Crippen molar-refractivity contribution in [2.75, 3.05) is 13.1 Å². The number of β-amino-alcohol motifs (C(OH)–C–C–N with tert-alkyl or cyclic N) is 1. The van der Waals surface area contributed by atoms with Gasteiger partial charge >= 0.3 is 0 Å². The van der Waals surface area contributed by atoms with Gasteiger partial charge < -0.3 is 14.6 Å². The molecule has 1 fully saturated rings. The van der Waals surface area contributed by atoms with Crippen LogP contribution in [-0.4, -0.2) is 44.7 Å². The molecule has 2 unspecified atom stereocenters. The van der Waals surface area contributed by atoms with Gasteiger partial charge in [0.15, 0.2) is 0 Å². The third kappa shape index (κ3) is 2.88. The van der Waals surface area contributed by atoms with Gasteiger partial charge in [-0.3, -0.25) is 4.79 Å². The van der Waals surface area contributed by atoms with Crippen molar-refractivity contribution in [3.05, 3.63) is 47.4 Å². The summed E-state index contributed by atoms with van der Waals surface area (Å²) in [6.45, 7) is 7.06. The third-order valence-corrected chi connectivity index (χ3v) is 4.75. The van der Waals surface area contributed by atoms with E-state index in [0.29, 0.717) is 18.7 Å². The van der Waals surface area contributed by atoms with Crippen molar-refractivity contribution >= 4 is 5.91 Å². The lowest BCUT2D eigenvalue weighted by atomic mass is 9.95. The molecule has 0 aromatic carbocycles. The molecule has 0 spiro atoms. The normalized spacial score (nSPS) is 21.5. The summed E-state index contributed by atoms with van der Waals surface area (Å²) in [5, 5.41) is 10.0. The fourth-order valence-electron chi connectivity index (χ4n) is 3.22. The summed E-state index contributed by atoms with van der Waals surface area (Å²) in [6.07, 6.45) is 2.15. The Morgan fingerprint density at radius 1 is 1.35 bits per heavy atom. The molecule has 1 saturated heterocycles. The summed E-state index contributed by atoms with van der Waals surface area (Å²) in [5.74, 6) is 1.06. The van der Waals surface area contributed by atoms with Crippen molar-refractivity contribution in [1.29, 1.82) is 0 Å². The van der Waals surface area contributed by atoms with Gasteiger partial charge in [0.25, 0.3) is 5.91 Å². The van der Waals surface area contributed by atoms with Crippen molar-refractivity contribution in [2.24, 2.45) is 5.92 Å². The Balaban J connectivity index is 1.91. The number of hydrogen-bond acceptors (Lipinski definition) is 3. The fraction of sp³-hybridized carbons (Fsp3) is 0.444. The number of aromatic nitrogens is 2. The second kappa shape index (κ2) is 6.16. The molecule has 122 valence electrons. The molecule has 1 aliphatic heterocycles.